The summed E-state index contributed by atoms with van der Waals surface area (Å²) in [6.45, 7) is 5.36. The number of aromatic nitrogens is 3. The van der Waals surface area contributed by atoms with Crippen LogP contribution in [0.3, 0.4) is 0 Å². The first-order valence-corrected chi connectivity index (χ1v) is 5.43. The Kier molecular flexibility index (Phi) is 2.68. The van der Waals surface area contributed by atoms with Crippen molar-refractivity contribution < 1.29 is 0 Å². The molecule has 0 spiro atoms. The third-order valence-electron chi connectivity index (χ3n) is 3.19. The highest BCUT2D eigenvalue weighted by atomic mass is 15.2. The van der Waals surface area contributed by atoms with E-state index in [1.807, 2.05) is 6.20 Å². The Morgan fingerprint density at radius 1 is 1.38 bits per heavy atom. The number of hydrogen-bond donors (Lipinski definition) is 0. The van der Waals surface area contributed by atoms with Crippen molar-refractivity contribution in [3.63, 3.8) is 0 Å². The fourth-order valence-electron chi connectivity index (χ4n) is 1.62. The van der Waals surface area contributed by atoms with E-state index >= 15 is 0 Å². The van der Waals surface area contributed by atoms with Gasteiger partial charge in [-0.1, -0.05) is 0 Å². The van der Waals surface area contributed by atoms with Crippen LogP contribution in [-0.2, 0) is 6.54 Å². The number of likely N-dealkylation sites (N-methyl/N-ethyl adjacent to an activating group) is 1. The Hall–Kier alpha value is -1.42. The van der Waals surface area contributed by atoms with Gasteiger partial charge < -0.3 is 9.47 Å². The van der Waals surface area contributed by atoms with Crippen molar-refractivity contribution in [3.05, 3.63) is 24.8 Å². The van der Waals surface area contributed by atoms with E-state index in [1.165, 1.54) is 0 Å². The molecule has 0 saturated heterocycles. The molecule has 0 aliphatic rings. The zero-order valence-corrected chi connectivity index (χ0v) is 10.3. The van der Waals surface area contributed by atoms with Crippen LogP contribution in [-0.4, -0.2) is 39.1 Å². The van der Waals surface area contributed by atoms with E-state index in [9.17, 15) is 0 Å². The predicted molar refractivity (Wildman–Crippen MR) is 65.3 cm³/mol. The molecule has 2 heterocycles. The van der Waals surface area contributed by atoms with Gasteiger partial charge in [-0.2, -0.15) is 0 Å². The summed E-state index contributed by atoms with van der Waals surface area (Å²) in [5.41, 5.74) is 1.11. The van der Waals surface area contributed by atoms with Crippen molar-refractivity contribution in [1.82, 2.24) is 19.4 Å². The Morgan fingerprint density at radius 2 is 2.12 bits per heavy atom. The first-order chi connectivity index (χ1) is 7.50. The van der Waals surface area contributed by atoms with Gasteiger partial charge in [0.25, 0.3) is 0 Å². The van der Waals surface area contributed by atoms with Gasteiger partial charge in [0, 0.05) is 29.9 Å². The first kappa shape index (κ1) is 11.1. The molecule has 4 heteroatoms. The smallest absolute Gasteiger partial charge is 0.143 e. The summed E-state index contributed by atoms with van der Waals surface area (Å²) in [7, 11) is 4.20. The summed E-state index contributed by atoms with van der Waals surface area (Å²) >= 11 is 0. The molecule has 2 aromatic heterocycles. The van der Waals surface area contributed by atoms with Crippen molar-refractivity contribution in [2.75, 3.05) is 14.1 Å². The maximum atomic E-state index is 4.32. The van der Waals surface area contributed by atoms with Gasteiger partial charge in [0.15, 0.2) is 0 Å². The van der Waals surface area contributed by atoms with Crippen LogP contribution >= 0.6 is 0 Å². The van der Waals surface area contributed by atoms with E-state index < -0.39 is 0 Å². The molecule has 0 radical (unpaired) electrons. The van der Waals surface area contributed by atoms with Crippen LogP contribution < -0.4 is 0 Å². The molecule has 86 valence electrons. The average molecular weight is 218 g/mol. The monoisotopic (exact) mass is 218 g/mol. The van der Waals surface area contributed by atoms with E-state index in [1.54, 1.807) is 6.33 Å². The molecule has 0 fully saturated rings. The molecule has 0 unspecified atom stereocenters. The molecule has 0 atom stereocenters. The lowest BCUT2D eigenvalue weighted by atomic mass is 10.0. The van der Waals surface area contributed by atoms with Crippen molar-refractivity contribution >= 4 is 11.0 Å². The molecule has 4 nitrogen and oxygen atoms in total. The van der Waals surface area contributed by atoms with E-state index in [4.69, 9.17) is 0 Å². The summed E-state index contributed by atoms with van der Waals surface area (Å²) in [4.78, 5) is 10.6. The predicted octanol–water partition coefficient (Wildman–Crippen LogP) is 1.77. The third-order valence-corrected chi connectivity index (χ3v) is 3.19. The van der Waals surface area contributed by atoms with Gasteiger partial charge in [0.05, 0.1) is 0 Å². The summed E-state index contributed by atoms with van der Waals surface area (Å²) in [5.74, 6) is 0. The van der Waals surface area contributed by atoms with Crippen LogP contribution in [0.2, 0.25) is 0 Å². The third kappa shape index (κ3) is 1.93. The quantitative estimate of drug-likeness (QED) is 0.787. The fourth-order valence-corrected chi connectivity index (χ4v) is 1.62. The lowest BCUT2D eigenvalue weighted by molar-refractivity contribution is 0.171. The molecule has 0 aliphatic carbocycles. The van der Waals surface area contributed by atoms with Crippen molar-refractivity contribution in [3.8, 4) is 0 Å². The highest BCUT2D eigenvalue weighted by molar-refractivity contribution is 5.74. The number of hydrogen-bond acceptors (Lipinski definition) is 3. The molecule has 0 bridgehead atoms. The van der Waals surface area contributed by atoms with Gasteiger partial charge in [-0.15, -0.1) is 0 Å². The highest BCUT2D eigenvalue weighted by Crippen LogP contribution is 2.18. The van der Waals surface area contributed by atoms with Crippen LogP contribution in [0.4, 0.5) is 0 Å². The summed E-state index contributed by atoms with van der Waals surface area (Å²) in [5, 5.41) is 1.09. The molecule has 2 aromatic rings. The molecule has 2 rings (SSSR count). The molecule has 0 aromatic carbocycles. The zero-order valence-electron chi connectivity index (χ0n) is 10.3. The minimum Gasteiger partial charge on any atom is -0.331 e. The van der Waals surface area contributed by atoms with Crippen LogP contribution in [0, 0.1) is 0 Å². The maximum absolute atomic E-state index is 4.32. The number of fused-ring (bicyclic) bond motifs is 1. The zero-order chi connectivity index (χ0) is 11.8. The second-order valence-corrected chi connectivity index (χ2v) is 4.95. The van der Waals surface area contributed by atoms with Crippen molar-refractivity contribution in [2.45, 2.75) is 25.9 Å². The maximum Gasteiger partial charge on any atom is 0.143 e. The second kappa shape index (κ2) is 3.87. The molecular weight excluding hydrogens is 200 g/mol. The topological polar surface area (TPSA) is 34.0 Å². The van der Waals surface area contributed by atoms with E-state index in [2.05, 4.69) is 59.6 Å². The van der Waals surface area contributed by atoms with Crippen molar-refractivity contribution in [2.24, 2.45) is 0 Å². The second-order valence-electron chi connectivity index (χ2n) is 4.95. The Bertz CT molecular complexity index is 484. The Balaban J connectivity index is 2.35. The average Bonchev–Trinajstić information content (AvgIpc) is 2.61. The normalized spacial score (nSPS) is 12.6. The fraction of sp³-hybridized carbons (Fsp3) is 0.500. The van der Waals surface area contributed by atoms with Gasteiger partial charge >= 0.3 is 0 Å². The van der Waals surface area contributed by atoms with Gasteiger partial charge in [-0.3, -0.25) is 0 Å². The molecule has 0 aliphatic heterocycles. The van der Waals surface area contributed by atoms with Crippen LogP contribution in [0.1, 0.15) is 13.8 Å². The molecule has 16 heavy (non-hydrogen) atoms. The summed E-state index contributed by atoms with van der Waals surface area (Å²) < 4.78 is 2.18. The van der Waals surface area contributed by atoms with E-state index in [0.29, 0.717) is 0 Å². The van der Waals surface area contributed by atoms with Crippen LogP contribution in [0.15, 0.2) is 24.8 Å². The molecule has 0 N–H and O–H groups in total. The number of rotatable bonds is 3. The largest absolute Gasteiger partial charge is 0.331 e. The lowest BCUT2D eigenvalue weighted by Crippen LogP contribution is -2.41. The highest BCUT2D eigenvalue weighted by Gasteiger charge is 2.21. The standard InChI is InChI=1S/C12H18N4/c1-12(2,15(3)4)8-16-6-5-10-7-13-9-14-11(10)16/h5-7,9H,8H2,1-4H3. The summed E-state index contributed by atoms with van der Waals surface area (Å²) in [6.07, 6.45) is 5.52. The minimum absolute atomic E-state index is 0.108. The Labute approximate surface area is 95.9 Å². The number of nitrogens with zero attached hydrogens (tertiary/aromatic N) is 4. The SMILES string of the molecule is CN(C)C(C)(C)Cn1ccc2cncnc21. The van der Waals surface area contributed by atoms with Crippen molar-refractivity contribution in [1.29, 1.82) is 0 Å². The molecular formula is C12H18N4. The van der Waals surface area contributed by atoms with Gasteiger partial charge in [-0.05, 0) is 34.0 Å². The molecule has 0 amide bonds. The van der Waals surface area contributed by atoms with Crippen LogP contribution in [0.5, 0.6) is 0 Å². The van der Waals surface area contributed by atoms with E-state index in [0.717, 1.165) is 17.6 Å². The van der Waals surface area contributed by atoms with Gasteiger partial charge in [-0.25, -0.2) is 9.97 Å². The Morgan fingerprint density at radius 3 is 2.81 bits per heavy atom. The van der Waals surface area contributed by atoms with Crippen LogP contribution in [0.25, 0.3) is 11.0 Å². The minimum atomic E-state index is 0.108. The molecule has 0 saturated carbocycles. The van der Waals surface area contributed by atoms with Gasteiger partial charge in [0.1, 0.15) is 12.0 Å². The summed E-state index contributed by atoms with van der Waals surface area (Å²) in [6, 6.07) is 2.06. The first-order valence-electron chi connectivity index (χ1n) is 5.43. The lowest BCUT2D eigenvalue weighted by Gasteiger charge is -2.33. The van der Waals surface area contributed by atoms with E-state index in [-0.39, 0.29) is 5.54 Å². The van der Waals surface area contributed by atoms with Gasteiger partial charge in [0.2, 0.25) is 0 Å².